The standard InChI is InChI=1S/C17H11ClN4OS/c18-11-2-4-12(5-3-11)20-17-21-14(16(23)22-17)7-10-1-6-13-15(8-10)24-9-19-13/h1-9H,(H2,20,21,22,23)/b14-7-. The first-order valence-corrected chi connectivity index (χ1v) is 8.41. The van der Waals surface area contributed by atoms with Gasteiger partial charge in [-0.2, -0.15) is 0 Å². The monoisotopic (exact) mass is 354 g/mol. The van der Waals surface area contributed by atoms with Gasteiger partial charge in [0.15, 0.2) is 0 Å². The first-order chi connectivity index (χ1) is 11.7. The molecule has 0 aliphatic carbocycles. The normalized spacial score (nSPS) is 15.6. The van der Waals surface area contributed by atoms with E-state index in [1.807, 2.05) is 30.3 Å². The van der Waals surface area contributed by atoms with Gasteiger partial charge in [-0.3, -0.25) is 10.1 Å². The van der Waals surface area contributed by atoms with Gasteiger partial charge in [0, 0.05) is 10.7 Å². The Morgan fingerprint density at radius 1 is 1.17 bits per heavy atom. The number of amides is 1. The van der Waals surface area contributed by atoms with E-state index >= 15 is 0 Å². The molecule has 0 saturated carbocycles. The highest BCUT2D eigenvalue weighted by Crippen LogP contribution is 2.21. The van der Waals surface area contributed by atoms with Gasteiger partial charge < -0.3 is 5.32 Å². The minimum atomic E-state index is -0.240. The minimum Gasteiger partial charge on any atom is -0.326 e. The molecule has 3 aromatic rings. The Balaban J connectivity index is 1.59. The van der Waals surface area contributed by atoms with E-state index in [9.17, 15) is 4.79 Å². The Labute approximate surface area is 146 Å². The third kappa shape index (κ3) is 3.02. The number of fused-ring (bicyclic) bond motifs is 1. The number of aromatic nitrogens is 1. The van der Waals surface area contributed by atoms with Gasteiger partial charge in [0.1, 0.15) is 5.70 Å². The van der Waals surface area contributed by atoms with Crippen molar-refractivity contribution < 1.29 is 4.79 Å². The van der Waals surface area contributed by atoms with Crippen molar-refractivity contribution in [2.45, 2.75) is 0 Å². The molecule has 1 aliphatic heterocycles. The summed E-state index contributed by atoms with van der Waals surface area (Å²) in [4.78, 5) is 20.6. The van der Waals surface area contributed by atoms with E-state index in [1.165, 1.54) is 0 Å². The second kappa shape index (κ2) is 6.07. The Bertz CT molecular complexity index is 991. The predicted molar refractivity (Wildman–Crippen MR) is 98.2 cm³/mol. The van der Waals surface area contributed by atoms with Crippen molar-refractivity contribution in [3.63, 3.8) is 0 Å². The summed E-state index contributed by atoms with van der Waals surface area (Å²) >= 11 is 7.42. The van der Waals surface area contributed by atoms with Crippen LogP contribution in [-0.4, -0.2) is 16.9 Å². The SMILES string of the molecule is O=C1NC(Nc2ccc(Cl)cc2)=N/C1=C\c1ccc2ncsc2c1. The van der Waals surface area contributed by atoms with Gasteiger partial charge in [0.25, 0.3) is 5.91 Å². The Morgan fingerprint density at radius 3 is 2.83 bits per heavy atom. The molecule has 5 nitrogen and oxygen atoms in total. The average Bonchev–Trinajstić information content (AvgIpc) is 3.16. The summed E-state index contributed by atoms with van der Waals surface area (Å²) in [7, 11) is 0. The van der Waals surface area contributed by atoms with Crippen molar-refractivity contribution in [2.75, 3.05) is 5.32 Å². The molecule has 1 amide bonds. The molecule has 0 atom stereocenters. The number of benzene rings is 2. The van der Waals surface area contributed by atoms with Crippen LogP contribution in [0.5, 0.6) is 0 Å². The minimum absolute atomic E-state index is 0.240. The number of nitrogens with one attached hydrogen (secondary N) is 2. The number of hydrogen-bond acceptors (Lipinski definition) is 5. The lowest BCUT2D eigenvalue weighted by atomic mass is 10.2. The maximum Gasteiger partial charge on any atom is 0.276 e. The van der Waals surface area contributed by atoms with Crippen LogP contribution in [0.4, 0.5) is 5.69 Å². The first kappa shape index (κ1) is 14.9. The lowest BCUT2D eigenvalue weighted by Crippen LogP contribution is -2.29. The van der Waals surface area contributed by atoms with Gasteiger partial charge in [-0.25, -0.2) is 9.98 Å². The van der Waals surface area contributed by atoms with Crippen molar-refractivity contribution in [2.24, 2.45) is 4.99 Å². The van der Waals surface area contributed by atoms with Crippen LogP contribution in [0, 0.1) is 0 Å². The van der Waals surface area contributed by atoms with Crippen molar-refractivity contribution in [3.05, 3.63) is 64.3 Å². The van der Waals surface area contributed by atoms with Crippen LogP contribution in [0.1, 0.15) is 5.56 Å². The first-order valence-electron chi connectivity index (χ1n) is 7.15. The second-order valence-electron chi connectivity index (χ2n) is 5.16. The van der Waals surface area contributed by atoms with Gasteiger partial charge in [-0.15, -0.1) is 11.3 Å². The highest BCUT2D eigenvalue weighted by atomic mass is 35.5. The highest BCUT2D eigenvalue weighted by Gasteiger charge is 2.20. The Kier molecular flexibility index (Phi) is 3.76. The number of aliphatic imine (C=N–C) groups is 1. The summed E-state index contributed by atoms with van der Waals surface area (Å²) in [5, 5.41) is 6.41. The molecule has 7 heteroatoms. The molecular formula is C17H11ClN4OS. The van der Waals surface area contributed by atoms with Crippen molar-refractivity contribution in [1.82, 2.24) is 10.3 Å². The fourth-order valence-corrected chi connectivity index (χ4v) is 3.17. The highest BCUT2D eigenvalue weighted by molar-refractivity contribution is 7.16. The summed E-state index contributed by atoms with van der Waals surface area (Å²) in [6.45, 7) is 0. The van der Waals surface area contributed by atoms with Gasteiger partial charge in [0.2, 0.25) is 5.96 Å². The molecule has 0 unspecified atom stereocenters. The zero-order valence-electron chi connectivity index (χ0n) is 12.3. The zero-order chi connectivity index (χ0) is 16.5. The number of nitrogens with zero attached hydrogens (tertiary/aromatic N) is 2. The van der Waals surface area contributed by atoms with E-state index in [0.717, 1.165) is 21.5 Å². The van der Waals surface area contributed by atoms with Crippen LogP contribution in [0.15, 0.2) is 58.7 Å². The fraction of sp³-hybridized carbons (Fsp3) is 0. The summed E-state index contributed by atoms with van der Waals surface area (Å²) in [5.41, 5.74) is 4.82. The zero-order valence-corrected chi connectivity index (χ0v) is 13.9. The van der Waals surface area contributed by atoms with E-state index in [1.54, 1.807) is 35.1 Å². The molecule has 24 heavy (non-hydrogen) atoms. The molecule has 0 fully saturated rings. The summed E-state index contributed by atoms with van der Waals surface area (Å²) in [6.07, 6.45) is 1.75. The van der Waals surface area contributed by atoms with E-state index in [4.69, 9.17) is 11.6 Å². The third-order valence-corrected chi connectivity index (χ3v) is 4.51. The number of carbonyl (C=O) groups excluding carboxylic acids is 1. The van der Waals surface area contributed by atoms with Crippen molar-refractivity contribution in [1.29, 1.82) is 0 Å². The summed E-state index contributed by atoms with van der Waals surface area (Å²) < 4.78 is 1.08. The van der Waals surface area contributed by atoms with Crippen LogP contribution in [0.25, 0.3) is 16.3 Å². The number of hydrogen-bond donors (Lipinski definition) is 2. The fourth-order valence-electron chi connectivity index (χ4n) is 2.32. The molecule has 2 N–H and O–H groups in total. The van der Waals surface area contributed by atoms with Crippen LogP contribution < -0.4 is 10.6 Å². The Morgan fingerprint density at radius 2 is 2.00 bits per heavy atom. The number of anilines is 1. The molecule has 1 aliphatic rings. The van der Waals surface area contributed by atoms with Crippen LogP contribution >= 0.6 is 22.9 Å². The molecule has 0 radical (unpaired) electrons. The van der Waals surface area contributed by atoms with Crippen molar-refractivity contribution >= 4 is 56.8 Å². The molecule has 1 aromatic heterocycles. The van der Waals surface area contributed by atoms with Gasteiger partial charge in [-0.05, 0) is 48.0 Å². The molecular weight excluding hydrogens is 344 g/mol. The Hall–Kier alpha value is -2.70. The third-order valence-electron chi connectivity index (χ3n) is 3.46. The maximum absolute atomic E-state index is 12.1. The van der Waals surface area contributed by atoms with Gasteiger partial charge in [-0.1, -0.05) is 17.7 Å². The lowest BCUT2D eigenvalue weighted by molar-refractivity contribution is -0.115. The summed E-state index contributed by atoms with van der Waals surface area (Å²) in [5.74, 6) is 0.156. The number of rotatable bonds is 2. The topological polar surface area (TPSA) is 66.4 Å². The summed E-state index contributed by atoms with van der Waals surface area (Å²) in [6, 6.07) is 13.0. The molecule has 118 valence electrons. The number of halogens is 1. The van der Waals surface area contributed by atoms with E-state index < -0.39 is 0 Å². The van der Waals surface area contributed by atoms with Crippen LogP contribution in [-0.2, 0) is 4.79 Å². The van der Waals surface area contributed by atoms with Crippen molar-refractivity contribution in [3.8, 4) is 0 Å². The van der Waals surface area contributed by atoms with E-state index in [2.05, 4.69) is 20.6 Å². The molecule has 0 saturated heterocycles. The maximum atomic E-state index is 12.1. The molecule has 0 bridgehead atoms. The van der Waals surface area contributed by atoms with Crippen LogP contribution in [0.3, 0.4) is 0 Å². The molecule has 4 rings (SSSR count). The van der Waals surface area contributed by atoms with E-state index in [-0.39, 0.29) is 5.91 Å². The molecule has 2 aromatic carbocycles. The average molecular weight is 355 g/mol. The largest absolute Gasteiger partial charge is 0.326 e. The number of thiazole rings is 1. The smallest absolute Gasteiger partial charge is 0.276 e. The van der Waals surface area contributed by atoms with Gasteiger partial charge in [0.05, 0.1) is 15.7 Å². The quantitative estimate of drug-likeness (QED) is 0.686. The molecule has 0 spiro atoms. The van der Waals surface area contributed by atoms with Crippen LogP contribution in [0.2, 0.25) is 5.02 Å². The second-order valence-corrected chi connectivity index (χ2v) is 6.48. The van der Waals surface area contributed by atoms with Gasteiger partial charge >= 0.3 is 0 Å². The number of carbonyl (C=O) groups is 1. The predicted octanol–water partition coefficient (Wildman–Crippen LogP) is 3.89. The molecule has 2 heterocycles. The lowest BCUT2D eigenvalue weighted by Gasteiger charge is -2.04. The van der Waals surface area contributed by atoms with E-state index in [0.29, 0.717) is 16.7 Å². The number of guanidine groups is 1.